The molecule has 1 unspecified atom stereocenters. The van der Waals surface area contributed by atoms with E-state index in [1.165, 1.54) is 6.92 Å². The van der Waals surface area contributed by atoms with Gasteiger partial charge in [-0.15, -0.1) is 0 Å². The van der Waals surface area contributed by atoms with Crippen molar-refractivity contribution in [3.8, 4) is 11.5 Å². The molecule has 6 heteroatoms. The van der Waals surface area contributed by atoms with Crippen molar-refractivity contribution in [1.29, 1.82) is 0 Å². The monoisotopic (exact) mass is 368 g/mol. The molecule has 0 aliphatic carbocycles. The Kier molecular flexibility index (Phi) is 5.64. The van der Waals surface area contributed by atoms with Crippen LogP contribution in [0.4, 0.5) is 5.69 Å². The first kappa shape index (κ1) is 18.8. The van der Waals surface area contributed by atoms with Crippen molar-refractivity contribution in [2.75, 3.05) is 26.1 Å². The Morgan fingerprint density at radius 2 is 1.85 bits per heavy atom. The van der Waals surface area contributed by atoms with Gasteiger partial charge in [-0.3, -0.25) is 9.59 Å². The molecule has 142 valence electrons. The van der Waals surface area contributed by atoms with Gasteiger partial charge in [0.2, 0.25) is 5.91 Å². The summed E-state index contributed by atoms with van der Waals surface area (Å²) in [5.41, 5.74) is 2.21. The molecule has 3 rings (SSSR count). The molecule has 1 N–H and O–H groups in total. The Morgan fingerprint density at radius 3 is 2.56 bits per heavy atom. The summed E-state index contributed by atoms with van der Waals surface area (Å²) < 4.78 is 10.7. The topological polar surface area (TPSA) is 67.9 Å². The van der Waals surface area contributed by atoms with Gasteiger partial charge in [0, 0.05) is 24.7 Å². The number of nitrogens with one attached hydrogen (secondary N) is 1. The number of rotatable bonds is 5. The van der Waals surface area contributed by atoms with Gasteiger partial charge < -0.3 is 19.7 Å². The summed E-state index contributed by atoms with van der Waals surface area (Å²) >= 11 is 0. The number of anilines is 1. The molecule has 1 heterocycles. The molecule has 1 fully saturated rings. The van der Waals surface area contributed by atoms with Gasteiger partial charge in [0.25, 0.3) is 5.91 Å². The summed E-state index contributed by atoms with van der Waals surface area (Å²) in [7, 11) is 3.21. The van der Waals surface area contributed by atoms with Gasteiger partial charge in [-0.25, -0.2) is 0 Å². The van der Waals surface area contributed by atoms with E-state index in [2.05, 4.69) is 5.32 Å². The van der Waals surface area contributed by atoms with Crippen LogP contribution in [0.1, 0.15) is 41.7 Å². The second kappa shape index (κ2) is 8.12. The smallest absolute Gasteiger partial charge is 0.254 e. The number of carbonyl (C=O) groups excluding carboxylic acids is 2. The minimum atomic E-state index is -0.163. The molecule has 0 radical (unpaired) electrons. The van der Waals surface area contributed by atoms with Crippen molar-refractivity contribution in [3.63, 3.8) is 0 Å². The SMILES string of the molecule is COc1ccc(C2CCCN2C(=O)c2cccc(NC(C)=O)c2)cc1OC. The molecular formula is C21H24N2O4. The number of methoxy groups -OCH3 is 2. The predicted molar refractivity (Wildman–Crippen MR) is 103 cm³/mol. The summed E-state index contributed by atoms with van der Waals surface area (Å²) in [5.74, 6) is 1.12. The van der Waals surface area contributed by atoms with Crippen LogP contribution in [0.2, 0.25) is 0 Å². The predicted octanol–water partition coefficient (Wildman–Crippen LogP) is 3.64. The fraction of sp³-hybridized carbons (Fsp3) is 0.333. The molecule has 2 amide bonds. The second-order valence-corrected chi connectivity index (χ2v) is 6.53. The molecule has 1 atom stereocenters. The highest BCUT2D eigenvalue weighted by molar-refractivity contribution is 5.97. The maximum Gasteiger partial charge on any atom is 0.254 e. The molecule has 0 aromatic heterocycles. The molecule has 27 heavy (non-hydrogen) atoms. The molecule has 0 bridgehead atoms. The number of hydrogen-bond donors (Lipinski definition) is 1. The molecule has 2 aromatic rings. The molecule has 1 saturated heterocycles. The quantitative estimate of drug-likeness (QED) is 0.875. The Labute approximate surface area is 159 Å². The molecule has 0 spiro atoms. The molecule has 2 aromatic carbocycles. The number of hydrogen-bond acceptors (Lipinski definition) is 4. The third-order valence-corrected chi connectivity index (χ3v) is 4.74. The average molecular weight is 368 g/mol. The normalized spacial score (nSPS) is 16.1. The fourth-order valence-electron chi connectivity index (χ4n) is 3.52. The van der Waals surface area contributed by atoms with Crippen molar-refractivity contribution >= 4 is 17.5 Å². The van der Waals surface area contributed by atoms with Gasteiger partial charge in [0.05, 0.1) is 20.3 Å². The minimum absolute atomic E-state index is 0.0123. The lowest BCUT2D eigenvalue weighted by molar-refractivity contribution is -0.114. The van der Waals surface area contributed by atoms with Gasteiger partial charge in [0.1, 0.15) is 0 Å². The Morgan fingerprint density at radius 1 is 1.07 bits per heavy atom. The van der Waals surface area contributed by atoms with E-state index in [0.717, 1.165) is 18.4 Å². The Bertz CT molecular complexity index is 850. The van der Waals surface area contributed by atoms with Crippen molar-refractivity contribution < 1.29 is 19.1 Å². The van der Waals surface area contributed by atoms with E-state index in [0.29, 0.717) is 29.3 Å². The number of ether oxygens (including phenoxy) is 2. The van der Waals surface area contributed by atoms with Crippen LogP contribution in [0.15, 0.2) is 42.5 Å². The van der Waals surface area contributed by atoms with Gasteiger partial charge in [0.15, 0.2) is 11.5 Å². The summed E-state index contributed by atoms with van der Waals surface area (Å²) in [4.78, 5) is 26.3. The van der Waals surface area contributed by atoms with Crippen molar-refractivity contribution in [3.05, 3.63) is 53.6 Å². The molecule has 1 aliphatic heterocycles. The summed E-state index contributed by atoms with van der Waals surface area (Å²) in [6.45, 7) is 2.14. The van der Waals surface area contributed by atoms with Gasteiger partial charge in [-0.05, 0) is 48.7 Å². The number of amides is 2. The van der Waals surface area contributed by atoms with Crippen molar-refractivity contribution in [1.82, 2.24) is 4.90 Å². The van der Waals surface area contributed by atoms with Gasteiger partial charge >= 0.3 is 0 Å². The minimum Gasteiger partial charge on any atom is -0.493 e. The van der Waals surface area contributed by atoms with E-state index in [9.17, 15) is 9.59 Å². The largest absolute Gasteiger partial charge is 0.493 e. The van der Waals surface area contributed by atoms with Crippen LogP contribution in [0.25, 0.3) is 0 Å². The maximum absolute atomic E-state index is 13.1. The van der Waals surface area contributed by atoms with E-state index in [1.54, 1.807) is 38.5 Å². The summed E-state index contributed by atoms with van der Waals surface area (Å²) in [6, 6.07) is 12.8. The van der Waals surface area contributed by atoms with E-state index in [-0.39, 0.29) is 17.9 Å². The lowest BCUT2D eigenvalue weighted by Gasteiger charge is -2.26. The van der Waals surface area contributed by atoms with E-state index in [4.69, 9.17) is 9.47 Å². The Balaban J connectivity index is 1.86. The first-order valence-corrected chi connectivity index (χ1v) is 8.94. The van der Waals surface area contributed by atoms with Crippen molar-refractivity contribution in [2.24, 2.45) is 0 Å². The lowest BCUT2D eigenvalue weighted by Crippen LogP contribution is -2.30. The fourth-order valence-corrected chi connectivity index (χ4v) is 3.52. The lowest BCUT2D eigenvalue weighted by atomic mass is 10.0. The van der Waals surface area contributed by atoms with E-state index >= 15 is 0 Å². The standard InChI is InChI=1S/C21H24N2O4/c1-14(24)22-17-7-4-6-16(12-17)21(25)23-11-5-8-18(23)15-9-10-19(26-2)20(13-15)27-3/h4,6-7,9-10,12-13,18H,5,8,11H2,1-3H3,(H,22,24). The molecular weight excluding hydrogens is 344 g/mol. The van der Waals surface area contributed by atoms with Gasteiger partial charge in [-0.1, -0.05) is 12.1 Å². The third kappa shape index (κ3) is 4.05. The van der Waals surface area contributed by atoms with Crippen LogP contribution in [-0.2, 0) is 4.79 Å². The summed E-state index contributed by atoms with van der Waals surface area (Å²) in [6.07, 6.45) is 1.84. The zero-order valence-corrected chi connectivity index (χ0v) is 15.8. The highest BCUT2D eigenvalue weighted by Gasteiger charge is 2.31. The zero-order valence-electron chi connectivity index (χ0n) is 15.8. The first-order chi connectivity index (χ1) is 13.0. The van der Waals surface area contributed by atoms with E-state index in [1.807, 2.05) is 23.1 Å². The average Bonchev–Trinajstić information content (AvgIpc) is 3.16. The van der Waals surface area contributed by atoms with Crippen LogP contribution in [0, 0.1) is 0 Å². The van der Waals surface area contributed by atoms with Crippen LogP contribution >= 0.6 is 0 Å². The van der Waals surface area contributed by atoms with Crippen LogP contribution in [-0.4, -0.2) is 37.5 Å². The van der Waals surface area contributed by atoms with Gasteiger partial charge in [-0.2, -0.15) is 0 Å². The first-order valence-electron chi connectivity index (χ1n) is 8.94. The van der Waals surface area contributed by atoms with Crippen LogP contribution in [0.3, 0.4) is 0 Å². The number of benzene rings is 2. The number of carbonyl (C=O) groups is 2. The Hall–Kier alpha value is -3.02. The molecule has 6 nitrogen and oxygen atoms in total. The summed E-state index contributed by atoms with van der Waals surface area (Å²) in [5, 5.41) is 2.72. The number of nitrogens with zero attached hydrogens (tertiary/aromatic N) is 1. The highest BCUT2D eigenvalue weighted by Crippen LogP contribution is 2.37. The second-order valence-electron chi connectivity index (χ2n) is 6.53. The molecule has 1 aliphatic rings. The highest BCUT2D eigenvalue weighted by atomic mass is 16.5. The van der Waals surface area contributed by atoms with Crippen LogP contribution in [0.5, 0.6) is 11.5 Å². The van der Waals surface area contributed by atoms with Crippen molar-refractivity contribution in [2.45, 2.75) is 25.8 Å². The number of likely N-dealkylation sites (tertiary alicyclic amines) is 1. The van der Waals surface area contributed by atoms with Crippen LogP contribution < -0.4 is 14.8 Å². The van der Waals surface area contributed by atoms with E-state index < -0.39 is 0 Å². The maximum atomic E-state index is 13.1. The third-order valence-electron chi connectivity index (χ3n) is 4.74. The molecule has 0 saturated carbocycles. The zero-order chi connectivity index (χ0) is 19.4.